The van der Waals surface area contributed by atoms with Crippen molar-refractivity contribution in [2.24, 2.45) is 0 Å². The van der Waals surface area contributed by atoms with Crippen LogP contribution in [0.3, 0.4) is 0 Å². The van der Waals surface area contributed by atoms with Crippen molar-refractivity contribution >= 4 is 16.8 Å². The Morgan fingerprint density at radius 1 is 1.32 bits per heavy atom. The lowest BCUT2D eigenvalue weighted by molar-refractivity contribution is 0.0905. The van der Waals surface area contributed by atoms with Crippen LogP contribution in [0.4, 0.5) is 0 Å². The number of benzene rings is 1. The Labute approximate surface area is 147 Å². The van der Waals surface area contributed by atoms with Gasteiger partial charge in [0.05, 0.1) is 17.5 Å². The Morgan fingerprint density at radius 3 is 2.92 bits per heavy atom. The Balaban J connectivity index is 1.96. The number of fused-ring (bicyclic) bond motifs is 2. The molecular weight excluding hydrogens is 318 g/mol. The Kier molecular flexibility index (Phi) is 5.48. The molecule has 0 radical (unpaired) electrons. The Morgan fingerprint density at radius 2 is 2.12 bits per heavy atom. The molecule has 0 saturated carbocycles. The van der Waals surface area contributed by atoms with Crippen molar-refractivity contribution in [3.63, 3.8) is 0 Å². The van der Waals surface area contributed by atoms with E-state index in [4.69, 9.17) is 9.72 Å². The average Bonchev–Trinajstić information content (AvgIpc) is 2.56. The highest BCUT2D eigenvalue weighted by Crippen LogP contribution is 2.16. The van der Waals surface area contributed by atoms with Crippen molar-refractivity contribution in [1.82, 2.24) is 14.9 Å². The summed E-state index contributed by atoms with van der Waals surface area (Å²) in [6.45, 7) is 3.07. The molecular formula is C19H25N3O3. The molecule has 6 heteroatoms. The number of hydrogen-bond donors (Lipinski definition) is 1. The van der Waals surface area contributed by atoms with E-state index < -0.39 is 0 Å². The fourth-order valence-corrected chi connectivity index (χ4v) is 3.34. The molecule has 3 rings (SSSR count). The minimum atomic E-state index is -0.180. The van der Waals surface area contributed by atoms with Crippen LogP contribution in [-0.4, -0.2) is 35.2 Å². The van der Waals surface area contributed by atoms with E-state index in [0.29, 0.717) is 23.1 Å². The summed E-state index contributed by atoms with van der Waals surface area (Å²) in [5, 5.41) is 3.46. The quantitative estimate of drug-likeness (QED) is 0.924. The first kappa shape index (κ1) is 17.6. The lowest BCUT2D eigenvalue weighted by Gasteiger charge is -2.17. The predicted molar refractivity (Wildman–Crippen MR) is 97.0 cm³/mol. The zero-order valence-electron chi connectivity index (χ0n) is 14.9. The van der Waals surface area contributed by atoms with Gasteiger partial charge in [0, 0.05) is 31.7 Å². The molecule has 0 fully saturated rings. The molecule has 0 saturated heterocycles. The summed E-state index contributed by atoms with van der Waals surface area (Å²) < 4.78 is 6.85. The van der Waals surface area contributed by atoms with Gasteiger partial charge in [0.2, 0.25) is 0 Å². The standard InChI is InChI=1S/C19H25N3O3/c1-13(12-25-2)20-18(23)14-8-9-15-16(11-14)21-17-7-5-3-4-6-10-22(17)19(15)24/h8-9,11,13H,3-7,10,12H2,1-2H3,(H,20,23). The van der Waals surface area contributed by atoms with E-state index in [2.05, 4.69) is 5.32 Å². The number of rotatable bonds is 4. The van der Waals surface area contributed by atoms with E-state index in [1.54, 1.807) is 25.3 Å². The van der Waals surface area contributed by atoms with Crippen LogP contribution in [0.1, 0.15) is 48.8 Å². The molecule has 1 aromatic heterocycles. The molecule has 1 aliphatic heterocycles. The van der Waals surface area contributed by atoms with Crippen LogP contribution < -0.4 is 10.9 Å². The number of hydrogen-bond acceptors (Lipinski definition) is 4. The Hall–Kier alpha value is -2.21. The van der Waals surface area contributed by atoms with Gasteiger partial charge in [-0.1, -0.05) is 12.8 Å². The number of carbonyl (C=O) groups excluding carboxylic acids is 1. The molecule has 2 heterocycles. The molecule has 0 bridgehead atoms. The minimum Gasteiger partial charge on any atom is -0.383 e. The summed E-state index contributed by atoms with van der Waals surface area (Å²) in [7, 11) is 1.60. The molecule has 1 atom stereocenters. The maximum Gasteiger partial charge on any atom is 0.261 e. The highest BCUT2D eigenvalue weighted by molar-refractivity contribution is 5.97. The zero-order valence-corrected chi connectivity index (χ0v) is 14.9. The van der Waals surface area contributed by atoms with E-state index in [-0.39, 0.29) is 17.5 Å². The topological polar surface area (TPSA) is 73.2 Å². The van der Waals surface area contributed by atoms with Gasteiger partial charge in [0.15, 0.2) is 0 Å². The number of aromatic nitrogens is 2. The minimum absolute atomic E-state index is 0.00149. The van der Waals surface area contributed by atoms with Gasteiger partial charge in [-0.2, -0.15) is 0 Å². The second-order valence-corrected chi connectivity index (χ2v) is 6.71. The van der Waals surface area contributed by atoms with Crippen molar-refractivity contribution in [3.8, 4) is 0 Å². The van der Waals surface area contributed by atoms with Crippen molar-refractivity contribution in [2.45, 2.75) is 51.6 Å². The number of carbonyl (C=O) groups is 1. The molecule has 0 aliphatic carbocycles. The lowest BCUT2D eigenvalue weighted by atomic mass is 10.1. The first-order valence-electron chi connectivity index (χ1n) is 8.93. The maximum atomic E-state index is 12.8. The fourth-order valence-electron chi connectivity index (χ4n) is 3.34. The SMILES string of the molecule is COCC(C)NC(=O)c1ccc2c(=O)n3c(nc2c1)CCCCCC3. The molecule has 1 N–H and O–H groups in total. The number of ether oxygens (including phenoxy) is 1. The molecule has 6 nitrogen and oxygen atoms in total. The normalized spacial score (nSPS) is 15.9. The monoisotopic (exact) mass is 343 g/mol. The molecule has 2 aromatic rings. The van der Waals surface area contributed by atoms with Gasteiger partial charge < -0.3 is 10.1 Å². The van der Waals surface area contributed by atoms with E-state index in [1.807, 2.05) is 11.5 Å². The van der Waals surface area contributed by atoms with Crippen molar-refractivity contribution < 1.29 is 9.53 Å². The second kappa shape index (κ2) is 7.78. The van der Waals surface area contributed by atoms with Crippen LogP contribution in [0, 0.1) is 0 Å². The molecule has 0 spiro atoms. The largest absolute Gasteiger partial charge is 0.383 e. The summed E-state index contributed by atoms with van der Waals surface area (Å²) in [5.41, 5.74) is 1.11. The average molecular weight is 343 g/mol. The van der Waals surface area contributed by atoms with Crippen molar-refractivity contribution in [1.29, 1.82) is 0 Å². The van der Waals surface area contributed by atoms with Crippen LogP contribution in [0.2, 0.25) is 0 Å². The number of nitrogens with one attached hydrogen (secondary N) is 1. The predicted octanol–water partition coefficient (Wildman–Crippen LogP) is 2.28. The number of methoxy groups -OCH3 is 1. The second-order valence-electron chi connectivity index (χ2n) is 6.71. The summed E-state index contributed by atoms with van der Waals surface area (Å²) in [6.07, 6.45) is 5.20. The van der Waals surface area contributed by atoms with Crippen LogP contribution in [0.5, 0.6) is 0 Å². The number of nitrogens with zero attached hydrogens (tertiary/aromatic N) is 2. The van der Waals surface area contributed by atoms with E-state index in [1.165, 1.54) is 6.42 Å². The first-order valence-corrected chi connectivity index (χ1v) is 8.93. The highest BCUT2D eigenvalue weighted by atomic mass is 16.5. The molecule has 134 valence electrons. The van der Waals surface area contributed by atoms with Crippen molar-refractivity contribution in [2.75, 3.05) is 13.7 Å². The summed E-state index contributed by atoms with van der Waals surface area (Å²) in [6, 6.07) is 5.04. The van der Waals surface area contributed by atoms with Crippen LogP contribution >= 0.6 is 0 Å². The maximum absolute atomic E-state index is 12.8. The molecule has 1 unspecified atom stereocenters. The van der Waals surface area contributed by atoms with Gasteiger partial charge in [0.25, 0.3) is 11.5 Å². The van der Waals surface area contributed by atoms with Crippen LogP contribution in [0.25, 0.3) is 10.9 Å². The highest BCUT2D eigenvalue weighted by Gasteiger charge is 2.15. The smallest absolute Gasteiger partial charge is 0.261 e. The summed E-state index contributed by atoms with van der Waals surface area (Å²) in [5.74, 6) is 0.655. The van der Waals surface area contributed by atoms with Gasteiger partial charge in [-0.3, -0.25) is 14.2 Å². The van der Waals surface area contributed by atoms with E-state index in [0.717, 1.165) is 38.1 Å². The molecule has 25 heavy (non-hydrogen) atoms. The summed E-state index contributed by atoms with van der Waals surface area (Å²) in [4.78, 5) is 29.9. The Bertz CT molecular complexity index is 829. The third kappa shape index (κ3) is 3.90. The van der Waals surface area contributed by atoms with Gasteiger partial charge in [-0.25, -0.2) is 4.98 Å². The van der Waals surface area contributed by atoms with E-state index in [9.17, 15) is 9.59 Å². The molecule has 1 amide bonds. The van der Waals surface area contributed by atoms with Gasteiger partial charge >= 0.3 is 0 Å². The third-order valence-electron chi connectivity index (χ3n) is 4.62. The lowest BCUT2D eigenvalue weighted by Crippen LogP contribution is -2.35. The van der Waals surface area contributed by atoms with E-state index >= 15 is 0 Å². The molecule has 1 aromatic carbocycles. The third-order valence-corrected chi connectivity index (χ3v) is 4.62. The number of aryl methyl sites for hydroxylation is 1. The molecule has 1 aliphatic rings. The van der Waals surface area contributed by atoms with Crippen LogP contribution in [0.15, 0.2) is 23.0 Å². The fraction of sp³-hybridized carbons (Fsp3) is 0.526. The van der Waals surface area contributed by atoms with Gasteiger partial charge in [0.1, 0.15) is 5.82 Å². The number of amides is 1. The first-order chi connectivity index (χ1) is 12.1. The van der Waals surface area contributed by atoms with Gasteiger partial charge in [-0.05, 0) is 38.0 Å². The van der Waals surface area contributed by atoms with Crippen LogP contribution in [-0.2, 0) is 17.7 Å². The zero-order chi connectivity index (χ0) is 17.8. The van der Waals surface area contributed by atoms with Crippen molar-refractivity contribution in [3.05, 3.63) is 39.9 Å². The summed E-state index contributed by atoms with van der Waals surface area (Å²) >= 11 is 0. The van der Waals surface area contributed by atoms with Gasteiger partial charge in [-0.15, -0.1) is 0 Å².